The zero-order valence-electron chi connectivity index (χ0n) is 4.98. The molecule has 1 heterocycles. The van der Waals surface area contributed by atoms with E-state index in [1.165, 1.54) is 0 Å². The molecule has 1 saturated heterocycles. The van der Waals surface area contributed by atoms with E-state index >= 15 is 0 Å². The Labute approximate surface area is 62.4 Å². The highest BCUT2D eigenvalue weighted by atomic mass is 79.9. The summed E-state index contributed by atoms with van der Waals surface area (Å²) in [5.74, 6) is 0.0794. The molecule has 2 nitrogen and oxygen atoms in total. The molecule has 0 aromatic heterocycles. The quantitative estimate of drug-likeness (QED) is 0.571. The second-order valence-corrected chi connectivity index (χ2v) is 3.18. The first-order valence-corrected chi connectivity index (χ1v) is 3.74. The largest absolute Gasteiger partial charge is 0.329 e. The smallest absolute Gasteiger partial charge is 0.224 e. The molecule has 1 rings (SSSR count). The van der Waals surface area contributed by atoms with E-state index in [1.807, 2.05) is 0 Å². The van der Waals surface area contributed by atoms with Gasteiger partial charge in [0.05, 0.1) is 4.83 Å². The predicted molar refractivity (Wildman–Crippen MR) is 39.2 cm³/mol. The van der Waals surface area contributed by atoms with E-state index in [0.29, 0.717) is 6.42 Å². The molecule has 0 aliphatic carbocycles. The highest BCUT2D eigenvalue weighted by molar-refractivity contribution is 9.09. The van der Waals surface area contributed by atoms with Crippen LogP contribution in [0.15, 0.2) is 12.3 Å². The Morgan fingerprint density at radius 1 is 1.78 bits per heavy atom. The zero-order valence-corrected chi connectivity index (χ0v) is 6.57. The number of halogens is 1. The maximum atomic E-state index is 10.6. The van der Waals surface area contributed by atoms with Gasteiger partial charge in [0.25, 0.3) is 0 Å². The zero-order chi connectivity index (χ0) is 6.85. The van der Waals surface area contributed by atoms with Crippen molar-refractivity contribution in [1.29, 1.82) is 0 Å². The molecule has 1 N–H and O–H groups in total. The third-order valence-corrected chi connectivity index (χ3v) is 2.31. The summed E-state index contributed by atoms with van der Waals surface area (Å²) in [5.41, 5.74) is 0.784. The Bertz CT molecular complexity index is 155. The lowest BCUT2D eigenvalue weighted by Gasteiger charge is -2.19. The van der Waals surface area contributed by atoms with Crippen LogP contribution in [0, 0.1) is 0 Å². The fourth-order valence-corrected chi connectivity index (χ4v) is 1.10. The van der Waals surface area contributed by atoms with Gasteiger partial charge in [0, 0.05) is 12.1 Å². The molecule has 1 fully saturated rings. The summed E-state index contributed by atoms with van der Waals surface area (Å²) in [4.78, 5) is 10.9. The van der Waals surface area contributed by atoms with Crippen molar-refractivity contribution in [2.45, 2.75) is 17.7 Å². The van der Waals surface area contributed by atoms with Crippen LogP contribution in [-0.2, 0) is 4.79 Å². The summed E-state index contributed by atoms with van der Waals surface area (Å²) in [7, 11) is 0. The van der Waals surface area contributed by atoms with E-state index in [2.05, 4.69) is 27.8 Å². The molecule has 9 heavy (non-hydrogen) atoms. The van der Waals surface area contributed by atoms with Crippen LogP contribution in [0.1, 0.15) is 12.8 Å². The fraction of sp³-hybridized carbons (Fsp3) is 0.500. The summed E-state index contributed by atoms with van der Waals surface area (Å²) in [6.45, 7) is 3.67. The van der Waals surface area contributed by atoms with Crippen LogP contribution < -0.4 is 5.32 Å². The number of hydrogen-bond donors (Lipinski definition) is 1. The summed E-state index contributed by atoms with van der Waals surface area (Å²) in [6.07, 6.45) is 1.47. The molecule has 1 unspecified atom stereocenters. The summed E-state index contributed by atoms with van der Waals surface area (Å²) in [6, 6.07) is 0. The normalized spacial score (nSPS) is 27.9. The van der Waals surface area contributed by atoms with Gasteiger partial charge >= 0.3 is 0 Å². The van der Waals surface area contributed by atoms with Crippen molar-refractivity contribution in [3.05, 3.63) is 12.3 Å². The van der Waals surface area contributed by atoms with E-state index in [4.69, 9.17) is 0 Å². The molecule has 0 bridgehead atoms. The SMILES string of the molecule is C=C1NC(=O)CCC1Br. The van der Waals surface area contributed by atoms with E-state index in [0.717, 1.165) is 12.1 Å². The molecular weight excluding hydrogens is 182 g/mol. The van der Waals surface area contributed by atoms with Gasteiger partial charge in [0.2, 0.25) is 5.91 Å². The monoisotopic (exact) mass is 189 g/mol. The van der Waals surface area contributed by atoms with Gasteiger partial charge in [0.1, 0.15) is 0 Å². The number of nitrogens with one attached hydrogen (secondary N) is 1. The number of carbonyl (C=O) groups excluding carboxylic acids is 1. The van der Waals surface area contributed by atoms with Crippen molar-refractivity contribution in [3.63, 3.8) is 0 Å². The van der Waals surface area contributed by atoms with Crippen LogP contribution >= 0.6 is 15.9 Å². The molecule has 1 aliphatic rings. The Balaban J connectivity index is 2.54. The summed E-state index contributed by atoms with van der Waals surface area (Å²) >= 11 is 3.37. The number of allylic oxidation sites excluding steroid dienone is 1. The molecule has 1 aliphatic heterocycles. The predicted octanol–water partition coefficient (Wildman–Crippen LogP) is 1.17. The van der Waals surface area contributed by atoms with E-state index in [1.54, 1.807) is 0 Å². The third-order valence-electron chi connectivity index (χ3n) is 1.30. The Morgan fingerprint density at radius 2 is 2.44 bits per heavy atom. The molecule has 0 aromatic carbocycles. The number of piperidine rings is 1. The fourth-order valence-electron chi connectivity index (χ4n) is 0.752. The van der Waals surface area contributed by atoms with Gasteiger partial charge in [-0.3, -0.25) is 4.79 Å². The first-order chi connectivity index (χ1) is 4.20. The Hall–Kier alpha value is -0.310. The lowest BCUT2D eigenvalue weighted by Crippen LogP contribution is -2.32. The minimum Gasteiger partial charge on any atom is -0.329 e. The van der Waals surface area contributed by atoms with Crippen LogP contribution in [0.4, 0.5) is 0 Å². The first kappa shape index (κ1) is 6.81. The molecule has 3 heteroatoms. The van der Waals surface area contributed by atoms with Crippen LogP contribution in [0.5, 0.6) is 0 Å². The van der Waals surface area contributed by atoms with Crippen molar-refractivity contribution in [2.75, 3.05) is 0 Å². The standard InChI is InChI=1S/C6H8BrNO/c1-4-5(7)2-3-6(9)8-4/h5H,1-3H2,(H,8,9). The average Bonchev–Trinajstić information content (AvgIpc) is 1.80. The van der Waals surface area contributed by atoms with Crippen molar-refractivity contribution in [3.8, 4) is 0 Å². The first-order valence-electron chi connectivity index (χ1n) is 2.83. The van der Waals surface area contributed by atoms with Crippen LogP contribution in [-0.4, -0.2) is 10.7 Å². The van der Waals surface area contributed by atoms with Gasteiger partial charge in [-0.15, -0.1) is 0 Å². The van der Waals surface area contributed by atoms with E-state index < -0.39 is 0 Å². The third kappa shape index (κ3) is 1.55. The second kappa shape index (κ2) is 2.52. The minimum absolute atomic E-state index is 0.0794. The van der Waals surface area contributed by atoms with Crippen molar-refractivity contribution in [2.24, 2.45) is 0 Å². The highest BCUT2D eigenvalue weighted by Crippen LogP contribution is 2.18. The Kier molecular flexibility index (Phi) is 1.90. The number of hydrogen-bond acceptors (Lipinski definition) is 1. The van der Waals surface area contributed by atoms with Gasteiger partial charge in [-0.05, 0) is 6.42 Å². The van der Waals surface area contributed by atoms with Gasteiger partial charge in [-0.2, -0.15) is 0 Å². The van der Waals surface area contributed by atoms with Gasteiger partial charge < -0.3 is 5.32 Å². The van der Waals surface area contributed by atoms with Crippen molar-refractivity contribution < 1.29 is 4.79 Å². The molecular formula is C6H8BrNO. The van der Waals surface area contributed by atoms with E-state index in [9.17, 15) is 4.79 Å². The molecule has 0 aromatic rings. The van der Waals surface area contributed by atoms with Crippen molar-refractivity contribution >= 4 is 21.8 Å². The molecule has 50 valence electrons. The van der Waals surface area contributed by atoms with Crippen LogP contribution in [0.3, 0.4) is 0 Å². The number of rotatable bonds is 0. The van der Waals surface area contributed by atoms with Crippen LogP contribution in [0.25, 0.3) is 0 Å². The summed E-state index contributed by atoms with van der Waals surface area (Å²) < 4.78 is 0. The average molecular weight is 190 g/mol. The lowest BCUT2D eigenvalue weighted by atomic mass is 10.1. The van der Waals surface area contributed by atoms with E-state index in [-0.39, 0.29) is 10.7 Å². The topological polar surface area (TPSA) is 29.1 Å². The molecule has 0 radical (unpaired) electrons. The minimum atomic E-state index is 0.0794. The van der Waals surface area contributed by atoms with Crippen molar-refractivity contribution in [1.82, 2.24) is 5.32 Å². The molecule has 1 amide bonds. The molecule has 0 saturated carbocycles. The molecule has 0 spiro atoms. The highest BCUT2D eigenvalue weighted by Gasteiger charge is 2.18. The Morgan fingerprint density at radius 3 is 2.89 bits per heavy atom. The number of carbonyl (C=O) groups is 1. The number of alkyl halides is 1. The maximum absolute atomic E-state index is 10.6. The lowest BCUT2D eigenvalue weighted by molar-refractivity contribution is -0.121. The van der Waals surface area contributed by atoms with Gasteiger partial charge in [0.15, 0.2) is 0 Å². The molecule has 1 atom stereocenters. The van der Waals surface area contributed by atoms with Gasteiger partial charge in [-0.1, -0.05) is 22.5 Å². The maximum Gasteiger partial charge on any atom is 0.224 e. The van der Waals surface area contributed by atoms with Crippen LogP contribution in [0.2, 0.25) is 0 Å². The number of amides is 1. The van der Waals surface area contributed by atoms with Gasteiger partial charge in [-0.25, -0.2) is 0 Å². The summed E-state index contributed by atoms with van der Waals surface area (Å²) in [5, 5.41) is 2.65. The second-order valence-electron chi connectivity index (χ2n) is 2.08.